The number of benzene rings is 1. The first kappa shape index (κ1) is 12.7. The predicted molar refractivity (Wildman–Crippen MR) is 81.6 cm³/mol. The van der Waals surface area contributed by atoms with E-state index in [2.05, 4.69) is 40.7 Å². The van der Waals surface area contributed by atoms with E-state index in [1.54, 1.807) is 0 Å². The van der Waals surface area contributed by atoms with Crippen LogP contribution in [-0.2, 0) is 13.1 Å². The first-order chi connectivity index (χ1) is 9.86. The van der Waals surface area contributed by atoms with Gasteiger partial charge in [0.1, 0.15) is 0 Å². The van der Waals surface area contributed by atoms with Gasteiger partial charge < -0.3 is 5.32 Å². The van der Waals surface area contributed by atoms with Crippen molar-refractivity contribution in [2.75, 3.05) is 5.32 Å². The molecule has 1 N–H and O–H groups in total. The van der Waals surface area contributed by atoms with Crippen LogP contribution in [0, 0.1) is 0 Å². The highest BCUT2D eigenvalue weighted by Gasteiger charge is 2.02. The highest BCUT2D eigenvalue weighted by atomic mass is 15.3. The van der Waals surface area contributed by atoms with Crippen LogP contribution in [0.2, 0.25) is 0 Å². The molecule has 0 aliphatic rings. The highest BCUT2D eigenvalue weighted by Crippen LogP contribution is 2.22. The summed E-state index contributed by atoms with van der Waals surface area (Å²) in [5.74, 6) is 0. The average Bonchev–Trinajstić information content (AvgIpc) is 2.93. The second kappa shape index (κ2) is 5.74. The molecule has 0 aliphatic heterocycles. The van der Waals surface area contributed by atoms with E-state index in [-0.39, 0.29) is 0 Å². The Morgan fingerprint density at radius 3 is 3.05 bits per heavy atom. The lowest BCUT2D eigenvalue weighted by atomic mass is 10.1. The lowest BCUT2D eigenvalue weighted by Gasteiger charge is -2.08. The Kier molecular flexibility index (Phi) is 3.63. The average molecular weight is 266 g/mol. The van der Waals surface area contributed by atoms with Gasteiger partial charge in [-0.15, -0.1) is 0 Å². The normalized spacial score (nSPS) is 10.8. The molecule has 0 aliphatic carbocycles. The number of hydrogen-bond acceptors (Lipinski definition) is 3. The lowest BCUT2D eigenvalue weighted by Crippen LogP contribution is -1.99. The minimum atomic E-state index is 0.783. The summed E-state index contributed by atoms with van der Waals surface area (Å²) in [4.78, 5) is 4.15. The van der Waals surface area contributed by atoms with Crippen molar-refractivity contribution in [2.24, 2.45) is 0 Å². The second-order valence-corrected chi connectivity index (χ2v) is 4.87. The molecule has 3 aromatic rings. The Labute approximate surface area is 118 Å². The molecule has 0 bridgehead atoms. The third-order valence-electron chi connectivity index (χ3n) is 3.30. The van der Waals surface area contributed by atoms with Crippen molar-refractivity contribution in [3.05, 3.63) is 54.6 Å². The molecule has 0 spiro atoms. The van der Waals surface area contributed by atoms with Gasteiger partial charge >= 0.3 is 0 Å². The Bertz CT molecular complexity index is 697. The van der Waals surface area contributed by atoms with Crippen LogP contribution >= 0.6 is 0 Å². The predicted octanol–water partition coefficient (Wildman–Crippen LogP) is 3.45. The molecular weight excluding hydrogens is 248 g/mol. The van der Waals surface area contributed by atoms with Crippen molar-refractivity contribution in [3.63, 3.8) is 0 Å². The molecule has 4 nitrogen and oxygen atoms in total. The summed E-state index contributed by atoms with van der Waals surface area (Å²) < 4.78 is 1.99. The Morgan fingerprint density at radius 2 is 2.15 bits per heavy atom. The molecule has 0 saturated heterocycles. The molecule has 102 valence electrons. The van der Waals surface area contributed by atoms with Crippen LogP contribution in [0.15, 0.2) is 49.1 Å². The summed E-state index contributed by atoms with van der Waals surface area (Å²) in [6.07, 6.45) is 8.84. The number of fused-ring (bicyclic) bond motifs is 1. The second-order valence-electron chi connectivity index (χ2n) is 4.87. The number of aromatic nitrogens is 3. The van der Waals surface area contributed by atoms with Gasteiger partial charge in [0.15, 0.2) is 0 Å². The summed E-state index contributed by atoms with van der Waals surface area (Å²) in [6, 6.07) is 8.26. The number of aryl methyl sites for hydroxylation is 1. The molecular formula is C16H18N4. The van der Waals surface area contributed by atoms with E-state index >= 15 is 0 Å². The summed E-state index contributed by atoms with van der Waals surface area (Å²) in [7, 11) is 0. The fraction of sp³-hybridized carbons (Fsp3) is 0.250. The van der Waals surface area contributed by atoms with Crippen LogP contribution in [0.5, 0.6) is 0 Å². The molecule has 0 amide bonds. The van der Waals surface area contributed by atoms with Crippen molar-refractivity contribution in [1.82, 2.24) is 14.8 Å². The van der Waals surface area contributed by atoms with Crippen LogP contribution in [0.25, 0.3) is 10.8 Å². The molecule has 1 aromatic carbocycles. The Balaban J connectivity index is 1.76. The zero-order valence-electron chi connectivity index (χ0n) is 11.6. The fourth-order valence-corrected chi connectivity index (χ4v) is 2.32. The van der Waals surface area contributed by atoms with E-state index in [4.69, 9.17) is 0 Å². The van der Waals surface area contributed by atoms with Gasteiger partial charge in [-0.25, -0.2) is 0 Å². The van der Waals surface area contributed by atoms with Gasteiger partial charge in [0.25, 0.3) is 0 Å². The minimum absolute atomic E-state index is 0.783. The van der Waals surface area contributed by atoms with Gasteiger partial charge in [-0.2, -0.15) is 5.10 Å². The maximum Gasteiger partial charge on any atom is 0.0539 e. The van der Waals surface area contributed by atoms with Gasteiger partial charge in [-0.05, 0) is 18.6 Å². The van der Waals surface area contributed by atoms with E-state index < -0.39 is 0 Å². The van der Waals surface area contributed by atoms with Crippen molar-refractivity contribution >= 4 is 16.5 Å². The zero-order valence-corrected chi connectivity index (χ0v) is 11.6. The van der Waals surface area contributed by atoms with Crippen molar-refractivity contribution < 1.29 is 0 Å². The van der Waals surface area contributed by atoms with Crippen molar-refractivity contribution in [3.8, 4) is 0 Å². The van der Waals surface area contributed by atoms with Gasteiger partial charge in [-0.1, -0.05) is 19.1 Å². The summed E-state index contributed by atoms with van der Waals surface area (Å²) in [5, 5.41) is 10.2. The van der Waals surface area contributed by atoms with Crippen LogP contribution in [0.3, 0.4) is 0 Å². The van der Waals surface area contributed by atoms with E-state index in [0.29, 0.717) is 0 Å². The largest absolute Gasteiger partial charge is 0.380 e. The molecule has 2 aromatic heterocycles. The zero-order chi connectivity index (χ0) is 13.8. The number of nitrogens with zero attached hydrogens (tertiary/aromatic N) is 3. The first-order valence-electron chi connectivity index (χ1n) is 6.95. The monoisotopic (exact) mass is 266 g/mol. The Hall–Kier alpha value is -2.36. The third kappa shape index (κ3) is 2.64. The molecule has 0 unspecified atom stereocenters. The van der Waals surface area contributed by atoms with Crippen LogP contribution in [0.1, 0.15) is 18.9 Å². The molecule has 4 heteroatoms. The van der Waals surface area contributed by atoms with Crippen molar-refractivity contribution in [1.29, 1.82) is 0 Å². The first-order valence-corrected chi connectivity index (χ1v) is 6.95. The third-order valence-corrected chi connectivity index (χ3v) is 3.30. The number of nitrogens with one attached hydrogen (secondary N) is 1. The van der Waals surface area contributed by atoms with Crippen LogP contribution < -0.4 is 5.32 Å². The van der Waals surface area contributed by atoms with E-state index in [0.717, 1.165) is 30.6 Å². The number of pyridine rings is 1. The maximum absolute atomic E-state index is 4.35. The summed E-state index contributed by atoms with van der Waals surface area (Å²) in [5.41, 5.74) is 2.33. The van der Waals surface area contributed by atoms with Crippen molar-refractivity contribution in [2.45, 2.75) is 26.4 Å². The number of rotatable bonds is 5. The standard InChI is InChI=1S/C16H18N4/c1-2-8-20-12-13(10-19-20)9-18-16-5-3-4-14-11-17-7-6-15(14)16/h3-7,10-12,18H,2,8-9H2,1H3. The van der Waals surface area contributed by atoms with Gasteiger partial charge in [0.2, 0.25) is 0 Å². The van der Waals surface area contributed by atoms with Crippen LogP contribution in [-0.4, -0.2) is 14.8 Å². The minimum Gasteiger partial charge on any atom is -0.380 e. The van der Waals surface area contributed by atoms with Crippen LogP contribution in [0.4, 0.5) is 5.69 Å². The highest BCUT2D eigenvalue weighted by molar-refractivity contribution is 5.93. The number of anilines is 1. The summed E-state index contributed by atoms with van der Waals surface area (Å²) >= 11 is 0. The molecule has 0 atom stereocenters. The SMILES string of the molecule is CCCn1cc(CNc2cccc3cnccc23)cn1. The fourth-order valence-electron chi connectivity index (χ4n) is 2.32. The lowest BCUT2D eigenvalue weighted by molar-refractivity contribution is 0.602. The smallest absolute Gasteiger partial charge is 0.0539 e. The maximum atomic E-state index is 4.35. The topological polar surface area (TPSA) is 42.7 Å². The quantitative estimate of drug-likeness (QED) is 0.769. The molecule has 0 fully saturated rings. The molecule has 2 heterocycles. The van der Waals surface area contributed by atoms with E-state index in [1.165, 1.54) is 10.9 Å². The van der Waals surface area contributed by atoms with E-state index in [9.17, 15) is 0 Å². The van der Waals surface area contributed by atoms with E-state index in [1.807, 2.05) is 35.4 Å². The molecule has 20 heavy (non-hydrogen) atoms. The molecule has 3 rings (SSSR count). The molecule has 0 saturated carbocycles. The number of hydrogen-bond donors (Lipinski definition) is 1. The van der Waals surface area contributed by atoms with Gasteiger partial charge in [-0.3, -0.25) is 9.67 Å². The molecule has 0 radical (unpaired) electrons. The van der Waals surface area contributed by atoms with Gasteiger partial charge in [0.05, 0.1) is 6.20 Å². The van der Waals surface area contributed by atoms with Gasteiger partial charge in [0, 0.05) is 53.7 Å². The Morgan fingerprint density at radius 1 is 1.20 bits per heavy atom. The summed E-state index contributed by atoms with van der Waals surface area (Å²) in [6.45, 7) is 3.91.